The maximum Gasteiger partial charge on any atom is 0.457 e. The highest BCUT2D eigenvalue weighted by Gasteiger charge is 2.05. The molecular weight excluding hydrogens is 91.2 g/mol. The van der Waals surface area contributed by atoms with Gasteiger partial charge in [0.25, 0.3) is 0 Å². The summed E-state index contributed by atoms with van der Waals surface area (Å²) < 4.78 is 13.0. The third kappa shape index (κ3) is 2.79. The zero-order chi connectivity index (χ0) is 4.24. The minimum atomic E-state index is 0. The first kappa shape index (κ1) is 7.14. The monoisotopic (exact) mass is 92.0 g/mol. The predicted molar refractivity (Wildman–Crippen MR) is 26.3 cm³/mol. The number of rotatable bonds is 0. The Bertz CT molecular complexity index is 22.4. The lowest BCUT2D eigenvalue weighted by Gasteiger charge is -2.05. The van der Waals surface area contributed by atoms with Crippen molar-refractivity contribution in [2.45, 2.75) is 0 Å². The smallest absolute Gasteiger partial charge is 0.457 e. The molecule has 1 heterocycles. The minimum absolute atomic E-state index is 0. The highest BCUT2D eigenvalue weighted by atomic mass is 16.7. The summed E-state index contributed by atoms with van der Waals surface area (Å²) in [5.74, 6) is 0. The lowest BCUT2D eigenvalue weighted by Crippen LogP contribution is -2.23. The van der Waals surface area contributed by atoms with E-state index in [0.717, 1.165) is 23.1 Å². The molecule has 0 spiro atoms. The van der Waals surface area contributed by atoms with Crippen molar-refractivity contribution in [3.8, 4) is 0 Å². The van der Waals surface area contributed by atoms with Crippen LogP contribution in [0, 0.1) is 0 Å². The predicted octanol–water partition coefficient (Wildman–Crippen LogP) is -1.73. The summed E-state index contributed by atoms with van der Waals surface area (Å²) in [5.41, 5.74) is 0. The second-order valence-corrected chi connectivity index (χ2v) is 0.697. The second-order valence-electron chi connectivity index (χ2n) is 0.697. The van der Waals surface area contributed by atoms with Gasteiger partial charge in [0.15, 0.2) is 0 Å². The van der Waals surface area contributed by atoms with Crippen molar-refractivity contribution in [1.82, 2.24) is 0 Å². The quantitative estimate of drug-likeness (QED) is 0.332. The molecule has 0 aromatic rings. The van der Waals surface area contributed by atoms with Crippen molar-refractivity contribution in [2.24, 2.45) is 0 Å². The molecule has 6 radical (unpaired) electrons. The molecule has 7 heteroatoms. The summed E-state index contributed by atoms with van der Waals surface area (Å²) in [6.07, 6.45) is 0. The Balaban J connectivity index is 0.000000360. The van der Waals surface area contributed by atoms with E-state index in [1.165, 1.54) is 0 Å². The summed E-state index contributed by atoms with van der Waals surface area (Å²) in [6.45, 7) is 0. The molecule has 0 aromatic heterocycles. The molecule has 1 rings (SSSR count). The third-order valence-corrected chi connectivity index (χ3v) is 0.333. The average molecular weight is 91.2 g/mol. The van der Waals surface area contributed by atoms with Gasteiger partial charge in [0, 0.05) is 8.41 Å². The Morgan fingerprint density at radius 2 is 1.00 bits per heavy atom. The van der Waals surface area contributed by atoms with Crippen molar-refractivity contribution >= 4 is 31.5 Å². The first-order valence-corrected chi connectivity index (χ1v) is 1.41. The lowest BCUT2D eigenvalue weighted by atomic mass is 10.1. The molecule has 1 saturated heterocycles. The van der Waals surface area contributed by atoms with Crippen molar-refractivity contribution in [3.05, 3.63) is 0 Å². The SMILES string of the molecule is [B].[B]1O[B]O[B]O1. The first-order chi connectivity index (χ1) is 3.00. The van der Waals surface area contributed by atoms with E-state index in [-0.39, 0.29) is 8.41 Å². The summed E-state index contributed by atoms with van der Waals surface area (Å²) in [7, 11) is 3.47. The Morgan fingerprint density at radius 1 is 0.714 bits per heavy atom. The summed E-state index contributed by atoms with van der Waals surface area (Å²) >= 11 is 0. The van der Waals surface area contributed by atoms with Crippen LogP contribution in [0.15, 0.2) is 0 Å². The van der Waals surface area contributed by atoms with Gasteiger partial charge in [-0.2, -0.15) is 0 Å². The molecule has 0 bridgehead atoms. The Kier molecular flexibility index (Phi) is 4.39. The fourth-order valence-electron chi connectivity index (χ4n) is 0.164. The van der Waals surface area contributed by atoms with E-state index < -0.39 is 0 Å². The summed E-state index contributed by atoms with van der Waals surface area (Å²) in [5, 5.41) is 0. The zero-order valence-electron chi connectivity index (χ0n) is 3.53. The summed E-state index contributed by atoms with van der Waals surface area (Å²) in [6, 6.07) is 0. The van der Waals surface area contributed by atoms with E-state index in [9.17, 15) is 0 Å². The van der Waals surface area contributed by atoms with Crippen LogP contribution in [-0.2, 0) is 13.7 Å². The van der Waals surface area contributed by atoms with Gasteiger partial charge < -0.3 is 13.7 Å². The molecule has 3 nitrogen and oxygen atoms in total. The molecule has 1 fully saturated rings. The topological polar surface area (TPSA) is 27.7 Å². The van der Waals surface area contributed by atoms with E-state index in [0.29, 0.717) is 0 Å². The van der Waals surface area contributed by atoms with Gasteiger partial charge in [-0.3, -0.25) is 0 Å². The van der Waals surface area contributed by atoms with Gasteiger partial charge in [0.05, 0.1) is 0 Å². The van der Waals surface area contributed by atoms with E-state index >= 15 is 0 Å². The average Bonchev–Trinajstić information content (AvgIpc) is 1.72. The maximum absolute atomic E-state index is 4.34. The fourth-order valence-corrected chi connectivity index (χ4v) is 0.164. The molecule has 0 N–H and O–H groups in total. The van der Waals surface area contributed by atoms with Crippen LogP contribution in [0.5, 0.6) is 0 Å². The number of hydrogen-bond donors (Lipinski definition) is 0. The third-order valence-electron chi connectivity index (χ3n) is 0.333. The van der Waals surface area contributed by atoms with E-state index in [1.807, 2.05) is 0 Å². The van der Waals surface area contributed by atoms with Crippen LogP contribution in [0.25, 0.3) is 0 Å². The largest absolute Gasteiger partial charge is 0.457 e. The highest BCUT2D eigenvalue weighted by molar-refractivity contribution is 6.50. The molecule has 0 aliphatic carbocycles. The normalized spacial score (nSPS) is 17.1. The second kappa shape index (κ2) is 4.30. The van der Waals surface area contributed by atoms with Gasteiger partial charge in [-0.1, -0.05) is 0 Å². The van der Waals surface area contributed by atoms with Crippen LogP contribution in [0.2, 0.25) is 0 Å². The maximum atomic E-state index is 4.34. The highest BCUT2D eigenvalue weighted by Crippen LogP contribution is 1.78. The van der Waals surface area contributed by atoms with Crippen LogP contribution < -0.4 is 0 Å². The van der Waals surface area contributed by atoms with Crippen molar-refractivity contribution in [3.63, 3.8) is 0 Å². The molecule has 0 saturated carbocycles. The standard InChI is InChI=1S/B3O3.B/c1-4-2-6-3-5-1;. The zero-order valence-corrected chi connectivity index (χ0v) is 3.53. The molecule has 0 amide bonds. The fraction of sp³-hybridized carbons (Fsp3) is 0. The van der Waals surface area contributed by atoms with Crippen molar-refractivity contribution in [2.75, 3.05) is 0 Å². The van der Waals surface area contributed by atoms with Crippen LogP contribution in [0.4, 0.5) is 0 Å². The van der Waals surface area contributed by atoms with Crippen LogP contribution >= 0.6 is 0 Å². The first-order valence-electron chi connectivity index (χ1n) is 1.41. The molecule has 0 unspecified atom stereocenters. The number of hydrogen-bond acceptors (Lipinski definition) is 3. The molecule has 7 heavy (non-hydrogen) atoms. The summed E-state index contributed by atoms with van der Waals surface area (Å²) in [4.78, 5) is 0. The Morgan fingerprint density at radius 3 is 1.14 bits per heavy atom. The molecule has 0 atom stereocenters. The molecule has 1 aliphatic heterocycles. The van der Waals surface area contributed by atoms with Gasteiger partial charge in [-0.25, -0.2) is 0 Å². The van der Waals surface area contributed by atoms with Crippen LogP contribution in [-0.4, -0.2) is 31.5 Å². The van der Waals surface area contributed by atoms with Gasteiger partial charge in [-0.05, 0) is 0 Å². The van der Waals surface area contributed by atoms with Crippen molar-refractivity contribution < 1.29 is 13.7 Å². The molecule has 1 aliphatic rings. The lowest BCUT2D eigenvalue weighted by molar-refractivity contribution is 0.347. The van der Waals surface area contributed by atoms with E-state index in [2.05, 4.69) is 13.7 Å². The van der Waals surface area contributed by atoms with Gasteiger partial charge in [0.2, 0.25) is 0 Å². The van der Waals surface area contributed by atoms with Crippen LogP contribution in [0.1, 0.15) is 0 Å². The van der Waals surface area contributed by atoms with Gasteiger partial charge in [-0.15, -0.1) is 0 Å². The molecular formula is B4O3. The van der Waals surface area contributed by atoms with Crippen LogP contribution in [0.3, 0.4) is 0 Å². The Labute approximate surface area is 46.2 Å². The van der Waals surface area contributed by atoms with Gasteiger partial charge in [0.1, 0.15) is 0 Å². The minimum Gasteiger partial charge on any atom is -0.457 e. The molecule has 30 valence electrons. The van der Waals surface area contributed by atoms with E-state index in [1.54, 1.807) is 0 Å². The molecule has 0 aromatic carbocycles. The Hall–Kier alpha value is 0.140. The van der Waals surface area contributed by atoms with Gasteiger partial charge >= 0.3 is 23.1 Å². The van der Waals surface area contributed by atoms with Crippen molar-refractivity contribution in [1.29, 1.82) is 0 Å². The van der Waals surface area contributed by atoms with E-state index in [4.69, 9.17) is 0 Å².